The Balaban J connectivity index is 2.34. The molecule has 136 valence electrons. The minimum Gasteiger partial charge on any atom is -0.364 e. The van der Waals surface area contributed by atoms with E-state index in [-0.39, 0.29) is 23.3 Å². The van der Waals surface area contributed by atoms with Gasteiger partial charge < -0.3 is 5.32 Å². The number of hydrogen-bond donors (Lipinski definition) is 1. The highest BCUT2D eigenvalue weighted by Crippen LogP contribution is 2.34. The lowest BCUT2D eigenvalue weighted by molar-refractivity contribution is -0.137. The molecule has 2 aromatic rings. The van der Waals surface area contributed by atoms with Gasteiger partial charge in [0, 0.05) is 25.6 Å². The average molecular weight is 397 g/mol. The van der Waals surface area contributed by atoms with Crippen LogP contribution in [0.2, 0.25) is 5.28 Å². The number of halogens is 4. The molecular formula is C12H12ClF3N6O2S. The normalized spacial score (nSPS) is 12.1. The smallest absolute Gasteiger partial charge is 0.364 e. The third-order valence-corrected chi connectivity index (χ3v) is 4.39. The fraction of sp³-hybridized carbons (Fsp3) is 0.333. The molecule has 8 nitrogen and oxygen atoms in total. The number of aromatic nitrogens is 4. The van der Waals surface area contributed by atoms with E-state index in [1.165, 1.54) is 19.4 Å². The van der Waals surface area contributed by atoms with Crippen molar-refractivity contribution in [2.45, 2.75) is 12.7 Å². The lowest BCUT2D eigenvalue weighted by Gasteiger charge is -2.19. The van der Waals surface area contributed by atoms with Gasteiger partial charge in [0.2, 0.25) is 15.3 Å². The summed E-state index contributed by atoms with van der Waals surface area (Å²) in [7, 11) is -2.37. The van der Waals surface area contributed by atoms with E-state index in [9.17, 15) is 21.6 Å². The molecule has 0 saturated heterocycles. The molecule has 0 aliphatic heterocycles. The van der Waals surface area contributed by atoms with Gasteiger partial charge in [-0.25, -0.2) is 23.4 Å². The monoisotopic (exact) mass is 396 g/mol. The van der Waals surface area contributed by atoms with Crippen LogP contribution >= 0.6 is 11.6 Å². The predicted octanol–water partition coefficient (Wildman–Crippen LogP) is 1.95. The molecule has 0 aromatic carbocycles. The zero-order chi connectivity index (χ0) is 18.8. The third kappa shape index (κ3) is 4.66. The topological polar surface area (TPSA) is 101 Å². The zero-order valence-electron chi connectivity index (χ0n) is 12.9. The number of alkyl halides is 3. The molecule has 0 amide bonds. The third-order valence-electron chi connectivity index (χ3n) is 3.04. The van der Waals surface area contributed by atoms with Crippen LogP contribution in [0.5, 0.6) is 0 Å². The first-order valence-corrected chi connectivity index (χ1v) is 8.80. The Morgan fingerprint density at radius 1 is 1.24 bits per heavy atom. The van der Waals surface area contributed by atoms with Gasteiger partial charge in [-0.3, -0.25) is 9.29 Å². The van der Waals surface area contributed by atoms with Gasteiger partial charge in [0.05, 0.1) is 12.8 Å². The molecule has 13 heteroatoms. The van der Waals surface area contributed by atoms with Gasteiger partial charge in [-0.2, -0.15) is 13.2 Å². The van der Waals surface area contributed by atoms with Gasteiger partial charge >= 0.3 is 6.18 Å². The van der Waals surface area contributed by atoms with Crippen molar-refractivity contribution in [2.24, 2.45) is 0 Å². The van der Waals surface area contributed by atoms with E-state index >= 15 is 0 Å². The summed E-state index contributed by atoms with van der Waals surface area (Å²) in [5.74, 6) is -0.572. The van der Waals surface area contributed by atoms with E-state index in [0.717, 1.165) is 10.6 Å². The average Bonchev–Trinajstić information content (AvgIpc) is 2.50. The first kappa shape index (κ1) is 19.1. The lowest BCUT2D eigenvalue weighted by atomic mass is 10.3. The number of hydrogen-bond acceptors (Lipinski definition) is 7. The van der Waals surface area contributed by atoms with Gasteiger partial charge in [-0.05, 0) is 11.6 Å². The largest absolute Gasteiger partial charge is 0.421 e. The number of anilines is 2. The van der Waals surface area contributed by atoms with E-state index in [0.29, 0.717) is 6.20 Å². The molecule has 0 unspecified atom stereocenters. The number of sulfonamides is 1. The van der Waals surface area contributed by atoms with E-state index in [1.807, 2.05) is 0 Å². The summed E-state index contributed by atoms with van der Waals surface area (Å²) in [5.41, 5.74) is -1.00. The summed E-state index contributed by atoms with van der Waals surface area (Å²) >= 11 is 5.55. The Kier molecular flexibility index (Phi) is 5.32. The molecule has 2 heterocycles. The van der Waals surface area contributed by atoms with E-state index < -0.39 is 27.6 Å². The predicted molar refractivity (Wildman–Crippen MR) is 84.6 cm³/mol. The molecule has 2 rings (SSSR count). The second-order valence-electron chi connectivity index (χ2n) is 4.81. The summed E-state index contributed by atoms with van der Waals surface area (Å²) in [6.07, 6.45) is -0.623. The summed E-state index contributed by atoms with van der Waals surface area (Å²) < 4.78 is 63.1. The minimum absolute atomic E-state index is 0.0220. The molecule has 0 aliphatic rings. The van der Waals surface area contributed by atoms with Crippen LogP contribution in [0.4, 0.5) is 24.8 Å². The Hall–Kier alpha value is -2.21. The van der Waals surface area contributed by atoms with Gasteiger partial charge in [-0.1, -0.05) is 0 Å². The van der Waals surface area contributed by atoms with Crippen LogP contribution in [0, 0.1) is 0 Å². The summed E-state index contributed by atoms with van der Waals surface area (Å²) in [4.78, 5) is 14.7. The molecule has 0 aliphatic carbocycles. The molecule has 25 heavy (non-hydrogen) atoms. The van der Waals surface area contributed by atoms with Crippen molar-refractivity contribution >= 4 is 33.3 Å². The first-order valence-electron chi connectivity index (χ1n) is 6.57. The van der Waals surface area contributed by atoms with Crippen LogP contribution in [0.1, 0.15) is 11.3 Å². The number of nitrogens with zero attached hydrogens (tertiary/aromatic N) is 5. The second kappa shape index (κ2) is 6.96. The van der Waals surface area contributed by atoms with Gasteiger partial charge in [0.25, 0.3) is 0 Å². The maximum absolute atomic E-state index is 13.0. The molecule has 0 fully saturated rings. The molecule has 0 bridgehead atoms. The van der Waals surface area contributed by atoms with E-state index in [4.69, 9.17) is 11.6 Å². The SMILES string of the molecule is CN(c1nccnc1CNc1nc(Cl)ncc1C(F)(F)F)S(C)(=O)=O. The van der Waals surface area contributed by atoms with E-state index in [1.54, 1.807) is 0 Å². The van der Waals surface area contributed by atoms with Crippen molar-refractivity contribution in [1.82, 2.24) is 19.9 Å². The van der Waals surface area contributed by atoms with Crippen molar-refractivity contribution in [3.8, 4) is 0 Å². The summed E-state index contributed by atoms with van der Waals surface area (Å²) in [6, 6.07) is 0. The maximum Gasteiger partial charge on any atom is 0.421 e. The summed E-state index contributed by atoms with van der Waals surface area (Å²) in [6.45, 7) is -0.264. The Bertz CT molecular complexity index is 877. The van der Waals surface area contributed by atoms with Crippen LogP contribution < -0.4 is 9.62 Å². The standard InChI is InChI=1S/C12H12ClF3N6O2S/c1-22(25(2,23)24)10-8(17-3-4-18-10)6-19-9-7(12(14,15)16)5-20-11(13)21-9/h3-5H,6H2,1-2H3,(H,19,20,21). The Morgan fingerprint density at radius 3 is 2.48 bits per heavy atom. The minimum atomic E-state index is -4.69. The van der Waals surface area contributed by atoms with Crippen LogP contribution in [-0.2, 0) is 22.7 Å². The maximum atomic E-state index is 13.0. The van der Waals surface area contributed by atoms with Crippen LogP contribution in [0.3, 0.4) is 0 Å². The fourth-order valence-electron chi connectivity index (χ4n) is 1.77. The van der Waals surface area contributed by atoms with E-state index in [2.05, 4.69) is 25.3 Å². The molecule has 2 aromatic heterocycles. The highest BCUT2D eigenvalue weighted by Gasteiger charge is 2.35. The Morgan fingerprint density at radius 2 is 1.88 bits per heavy atom. The van der Waals surface area contributed by atoms with Crippen LogP contribution in [0.15, 0.2) is 18.6 Å². The first-order chi connectivity index (χ1) is 11.5. The molecule has 0 saturated carbocycles. The van der Waals surface area contributed by atoms with Crippen molar-refractivity contribution in [3.05, 3.63) is 35.1 Å². The zero-order valence-corrected chi connectivity index (χ0v) is 14.5. The van der Waals surface area contributed by atoms with Gasteiger partial charge in [-0.15, -0.1) is 0 Å². The number of rotatable bonds is 5. The van der Waals surface area contributed by atoms with Crippen molar-refractivity contribution in [1.29, 1.82) is 0 Å². The summed E-state index contributed by atoms with van der Waals surface area (Å²) in [5, 5.41) is 2.07. The lowest BCUT2D eigenvalue weighted by Crippen LogP contribution is -2.27. The molecule has 0 spiro atoms. The van der Waals surface area contributed by atoms with Gasteiger partial charge in [0.15, 0.2) is 5.82 Å². The van der Waals surface area contributed by atoms with Crippen molar-refractivity contribution in [3.63, 3.8) is 0 Å². The highest BCUT2D eigenvalue weighted by molar-refractivity contribution is 7.92. The van der Waals surface area contributed by atoms with Crippen molar-refractivity contribution < 1.29 is 21.6 Å². The molecule has 0 atom stereocenters. The molecule has 0 radical (unpaired) electrons. The Labute approximate surface area is 146 Å². The quantitative estimate of drug-likeness (QED) is 0.771. The van der Waals surface area contributed by atoms with Crippen LogP contribution in [0.25, 0.3) is 0 Å². The number of nitrogens with one attached hydrogen (secondary N) is 1. The van der Waals surface area contributed by atoms with Crippen molar-refractivity contribution in [2.75, 3.05) is 22.9 Å². The molecule has 1 N–H and O–H groups in total. The van der Waals surface area contributed by atoms with Crippen LogP contribution in [-0.4, -0.2) is 41.7 Å². The second-order valence-corrected chi connectivity index (χ2v) is 7.16. The molecular weight excluding hydrogens is 385 g/mol. The fourth-order valence-corrected chi connectivity index (χ4v) is 2.37. The highest BCUT2D eigenvalue weighted by atomic mass is 35.5. The van der Waals surface area contributed by atoms with Gasteiger partial charge in [0.1, 0.15) is 17.1 Å².